The van der Waals surface area contributed by atoms with Crippen LogP contribution in [-0.4, -0.2) is 19.3 Å². The quantitative estimate of drug-likeness (QED) is 0.878. The number of rotatable bonds is 2. The normalized spacial score (nSPS) is 17.4. The molecule has 1 aliphatic heterocycles. The molecule has 0 spiro atoms. The van der Waals surface area contributed by atoms with Gasteiger partial charge in [0, 0.05) is 19.3 Å². The third-order valence-electron chi connectivity index (χ3n) is 2.58. The molecule has 1 aromatic rings. The lowest BCUT2D eigenvalue weighted by atomic mass is 10.1. The van der Waals surface area contributed by atoms with Crippen molar-refractivity contribution in [2.24, 2.45) is 0 Å². The average Bonchev–Trinajstić information content (AvgIpc) is 2.25. The third-order valence-corrected chi connectivity index (χ3v) is 3.17. The summed E-state index contributed by atoms with van der Waals surface area (Å²) in [7, 11) is 0. The van der Waals surface area contributed by atoms with Crippen LogP contribution in [-0.2, 0) is 4.74 Å². The van der Waals surface area contributed by atoms with Gasteiger partial charge in [0.15, 0.2) is 0 Å². The summed E-state index contributed by atoms with van der Waals surface area (Å²) in [5, 5.41) is 3.87. The van der Waals surface area contributed by atoms with E-state index >= 15 is 0 Å². The van der Waals surface area contributed by atoms with E-state index in [1.165, 1.54) is 12.1 Å². The van der Waals surface area contributed by atoms with Gasteiger partial charge in [-0.2, -0.15) is 0 Å². The van der Waals surface area contributed by atoms with Crippen molar-refractivity contribution in [2.75, 3.05) is 18.5 Å². The Morgan fingerprint density at radius 3 is 2.31 bits per heavy atom. The van der Waals surface area contributed by atoms with E-state index in [0.29, 0.717) is 15.7 Å². The van der Waals surface area contributed by atoms with Crippen LogP contribution in [0.1, 0.15) is 12.8 Å². The second-order valence-corrected chi connectivity index (χ2v) is 4.59. The summed E-state index contributed by atoms with van der Waals surface area (Å²) in [4.78, 5) is 0. The lowest BCUT2D eigenvalue weighted by molar-refractivity contribution is 0.0904. The van der Waals surface area contributed by atoms with Gasteiger partial charge in [-0.1, -0.05) is 23.2 Å². The smallest absolute Gasteiger partial charge is 0.126 e. The molecule has 0 saturated carbocycles. The fourth-order valence-electron chi connectivity index (χ4n) is 1.73. The SMILES string of the molecule is Fc1cc(Cl)c(NC2CCOCC2)c(Cl)c1. The first-order valence-corrected chi connectivity index (χ1v) is 5.91. The molecule has 2 nitrogen and oxygen atoms in total. The Morgan fingerprint density at radius 1 is 1.19 bits per heavy atom. The first kappa shape index (κ1) is 12.0. The molecule has 2 rings (SSSR count). The minimum atomic E-state index is -0.424. The van der Waals surface area contributed by atoms with Gasteiger partial charge in [0.05, 0.1) is 15.7 Å². The van der Waals surface area contributed by atoms with Crippen LogP contribution < -0.4 is 5.32 Å². The highest BCUT2D eigenvalue weighted by Gasteiger charge is 2.16. The van der Waals surface area contributed by atoms with Gasteiger partial charge in [-0.3, -0.25) is 0 Å². The van der Waals surface area contributed by atoms with Gasteiger partial charge in [0.25, 0.3) is 0 Å². The summed E-state index contributed by atoms with van der Waals surface area (Å²) < 4.78 is 18.2. The Morgan fingerprint density at radius 2 is 1.75 bits per heavy atom. The zero-order valence-electron chi connectivity index (χ0n) is 8.60. The molecule has 16 heavy (non-hydrogen) atoms. The summed E-state index contributed by atoms with van der Waals surface area (Å²) in [6, 6.07) is 2.80. The van der Waals surface area contributed by atoms with E-state index in [1.54, 1.807) is 0 Å². The second kappa shape index (κ2) is 5.21. The maximum Gasteiger partial charge on any atom is 0.126 e. The fourth-order valence-corrected chi connectivity index (χ4v) is 2.30. The Kier molecular flexibility index (Phi) is 3.90. The zero-order chi connectivity index (χ0) is 11.5. The van der Waals surface area contributed by atoms with Gasteiger partial charge in [-0.15, -0.1) is 0 Å². The molecular formula is C11H12Cl2FNO. The molecule has 1 N–H and O–H groups in total. The molecule has 88 valence electrons. The van der Waals surface area contributed by atoms with Crippen LogP contribution in [0, 0.1) is 5.82 Å². The highest BCUT2D eigenvalue weighted by Crippen LogP contribution is 2.32. The van der Waals surface area contributed by atoms with Crippen LogP contribution in [0.2, 0.25) is 10.0 Å². The standard InChI is InChI=1S/C11H12Cl2FNO/c12-9-5-7(14)6-10(13)11(9)15-8-1-3-16-4-2-8/h5-6,8,15H,1-4H2. The Bertz CT molecular complexity index is 357. The van der Waals surface area contributed by atoms with Crippen LogP contribution in [0.15, 0.2) is 12.1 Å². The highest BCUT2D eigenvalue weighted by molar-refractivity contribution is 6.39. The molecule has 1 fully saturated rings. The minimum absolute atomic E-state index is 0.286. The van der Waals surface area contributed by atoms with Crippen LogP contribution in [0.3, 0.4) is 0 Å². The summed E-state index contributed by atoms with van der Waals surface area (Å²) in [5.74, 6) is -0.424. The van der Waals surface area contributed by atoms with Crippen molar-refractivity contribution in [3.63, 3.8) is 0 Å². The lowest BCUT2D eigenvalue weighted by Gasteiger charge is -2.25. The molecule has 1 saturated heterocycles. The Hall–Kier alpha value is -0.510. The monoisotopic (exact) mass is 263 g/mol. The summed E-state index contributed by atoms with van der Waals surface area (Å²) in [6.07, 6.45) is 1.81. The molecule has 0 aliphatic carbocycles. The van der Waals surface area contributed by atoms with Crippen molar-refractivity contribution in [3.05, 3.63) is 28.0 Å². The Balaban J connectivity index is 2.14. The highest BCUT2D eigenvalue weighted by atomic mass is 35.5. The number of halogens is 3. The second-order valence-electron chi connectivity index (χ2n) is 3.78. The number of hydrogen-bond donors (Lipinski definition) is 1. The minimum Gasteiger partial charge on any atom is -0.381 e. The molecule has 0 atom stereocenters. The first-order valence-electron chi connectivity index (χ1n) is 5.15. The van der Waals surface area contributed by atoms with Gasteiger partial charge in [-0.05, 0) is 25.0 Å². The third kappa shape index (κ3) is 2.78. The maximum atomic E-state index is 13.0. The van der Waals surface area contributed by atoms with Crippen LogP contribution in [0.25, 0.3) is 0 Å². The summed E-state index contributed by atoms with van der Waals surface area (Å²) in [5.41, 5.74) is 0.608. The van der Waals surface area contributed by atoms with Crippen molar-refractivity contribution in [1.82, 2.24) is 0 Å². The molecule has 0 amide bonds. The molecule has 0 aromatic heterocycles. The van der Waals surface area contributed by atoms with Gasteiger partial charge in [0.2, 0.25) is 0 Å². The maximum absolute atomic E-state index is 13.0. The summed E-state index contributed by atoms with van der Waals surface area (Å²) >= 11 is 11.9. The predicted molar refractivity (Wildman–Crippen MR) is 63.9 cm³/mol. The number of anilines is 1. The van der Waals surface area contributed by atoms with Crippen molar-refractivity contribution < 1.29 is 9.13 Å². The summed E-state index contributed by atoms with van der Waals surface area (Å²) in [6.45, 7) is 1.46. The first-order chi connectivity index (χ1) is 7.66. The van der Waals surface area contributed by atoms with E-state index in [-0.39, 0.29) is 6.04 Å². The fraction of sp³-hybridized carbons (Fsp3) is 0.455. The van der Waals surface area contributed by atoms with Crippen molar-refractivity contribution in [3.8, 4) is 0 Å². The van der Waals surface area contributed by atoms with Gasteiger partial charge < -0.3 is 10.1 Å². The van der Waals surface area contributed by atoms with E-state index in [9.17, 15) is 4.39 Å². The van der Waals surface area contributed by atoms with E-state index < -0.39 is 5.82 Å². The zero-order valence-corrected chi connectivity index (χ0v) is 10.1. The molecule has 0 unspecified atom stereocenters. The van der Waals surface area contributed by atoms with E-state index in [0.717, 1.165) is 26.1 Å². The van der Waals surface area contributed by atoms with E-state index in [2.05, 4.69) is 5.32 Å². The number of hydrogen-bond acceptors (Lipinski definition) is 2. The molecule has 0 radical (unpaired) electrons. The van der Waals surface area contributed by atoms with Gasteiger partial charge in [0.1, 0.15) is 5.82 Å². The topological polar surface area (TPSA) is 21.3 Å². The van der Waals surface area contributed by atoms with Gasteiger partial charge >= 0.3 is 0 Å². The van der Waals surface area contributed by atoms with Gasteiger partial charge in [-0.25, -0.2) is 4.39 Å². The predicted octanol–water partition coefficient (Wildman–Crippen LogP) is 3.72. The average molecular weight is 264 g/mol. The van der Waals surface area contributed by atoms with Crippen LogP contribution >= 0.6 is 23.2 Å². The number of benzene rings is 1. The molecule has 1 aromatic carbocycles. The van der Waals surface area contributed by atoms with Crippen LogP contribution in [0.5, 0.6) is 0 Å². The number of nitrogens with one attached hydrogen (secondary N) is 1. The van der Waals surface area contributed by atoms with Crippen molar-refractivity contribution in [1.29, 1.82) is 0 Å². The van der Waals surface area contributed by atoms with E-state index in [4.69, 9.17) is 27.9 Å². The Labute approximate surface area is 104 Å². The van der Waals surface area contributed by atoms with Crippen LogP contribution in [0.4, 0.5) is 10.1 Å². The molecule has 1 heterocycles. The molecular weight excluding hydrogens is 252 g/mol. The number of ether oxygens (including phenoxy) is 1. The van der Waals surface area contributed by atoms with Crippen molar-refractivity contribution >= 4 is 28.9 Å². The lowest BCUT2D eigenvalue weighted by Crippen LogP contribution is -2.28. The van der Waals surface area contributed by atoms with E-state index in [1.807, 2.05) is 0 Å². The molecule has 0 bridgehead atoms. The largest absolute Gasteiger partial charge is 0.381 e. The molecule has 1 aliphatic rings. The van der Waals surface area contributed by atoms with Crippen molar-refractivity contribution in [2.45, 2.75) is 18.9 Å². The molecule has 5 heteroatoms.